The third kappa shape index (κ3) is 4.34. The van der Waals surface area contributed by atoms with Gasteiger partial charge in [0, 0.05) is 0 Å². The fourth-order valence-corrected chi connectivity index (χ4v) is 0.559. The maximum absolute atomic E-state index is 8.64. The van der Waals surface area contributed by atoms with Crippen LogP contribution in [-0.2, 0) is 0 Å². The van der Waals surface area contributed by atoms with Crippen LogP contribution >= 0.6 is 0 Å². The van der Waals surface area contributed by atoms with Crippen molar-refractivity contribution < 1.29 is 0 Å². The summed E-state index contributed by atoms with van der Waals surface area (Å²) in [6.07, 6.45) is 0.941. The van der Waals surface area contributed by atoms with E-state index < -0.39 is 0 Å². The molecule has 0 aromatic carbocycles. The number of nitriles is 1. The molecule has 0 saturated carbocycles. The second kappa shape index (κ2) is 3.58. The Hall–Kier alpha value is -0.550. The molecule has 0 aliphatic rings. The van der Waals surface area contributed by atoms with Gasteiger partial charge in [-0.25, -0.2) is 0 Å². The van der Waals surface area contributed by atoms with E-state index in [0.717, 1.165) is 13.0 Å². The summed E-state index contributed by atoms with van der Waals surface area (Å²) in [5.41, 5.74) is -0.162. The number of hydrogen-bond donors (Lipinski definition) is 0. The monoisotopic (exact) mass is 140 g/mol. The van der Waals surface area contributed by atoms with Crippen molar-refractivity contribution in [1.82, 2.24) is 4.90 Å². The van der Waals surface area contributed by atoms with Crippen molar-refractivity contribution in [2.75, 3.05) is 20.6 Å². The molecule has 0 radical (unpaired) electrons. The average molecular weight is 140 g/mol. The summed E-state index contributed by atoms with van der Waals surface area (Å²) in [5, 5.41) is 8.64. The van der Waals surface area contributed by atoms with Crippen LogP contribution in [0.15, 0.2) is 0 Å². The van der Waals surface area contributed by atoms with Gasteiger partial charge in [0.2, 0.25) is 0 Å². The average Bonchev–Trinajstić information content (AvgIpc) is 1.85. The molecule has 0 saturated heterocycles. The Morgan fingerprint density at radius 1 is 1.40 bits per heavy atom. The van der Waals surface area contributed by atoms with Crippen LogP contribution in [0.25, 0.3) is 0 Å². The summed E-state index contributed by atoms with van der Waals surface area (Å²) in [5.74, 6) is 0. The standard InChI is InChI=1S/C8H16N2/c1-8(2,7-9)5-6-10(3)4/h5-6H2,1-4H3. The zero-order valence-corrected chi connectivity index (χ0v) is 7.31. The maximum atomic E-state index is 8.64. The lowest BCUT2D eigenvalue weighted by Gasteiger charge is -2.17. The van der Waals surface area contributed by atoms with Gasteiger partial charge < -0.3 is 4.90 Å². The molecule has 2 heteroatoms. The van der Waals surface area contributed by atoms with E-state index in [1.54, 1.807) is 0 Å². The molecule has 0 aliphatic carbocycles. The quantitative estimate of drug-likeness (QED) is 0.594. The lowest BCUT2D eigenvalue weighted by Crippen LogP contribution is -2.20. The largest absolute Gasteiger partial charge is 0.309 e. The SMILES string of the molecule is CN(C)CCC(C)(C)C#N. The van der Waals surface area contributed by atoms with Crippen LogP contribution in [0.1, 0.15) is 20.3 Å². The zero-order valence-electron chi connectivity index (χ0n) is 7.31. The molecule has 0 aromatic rings. The molecule has 0 spiro atoms. The maximum Gasteiger partial charge on any atom is 0.0684 e. The number of hydrogen-bond acceptors (Lipinski definition) is 2. The van der Waals surface area contributed by atoms with Gasteiger partial charge in [-0.1, -0.05) is 0 Å². The van der Waals surface area contributed by atoms with Gasteiger partial charge in [0.05, 0.1) is 11.5 Å². The first-order chi connectivity index (χ1) is 4.48. The van der Waals surface area contributed by atoms with Crippen LogP contribution in [0, 0.1) is 16.7 Å². The van der Waals surface area contributed by atoms with Crippen LogP contribution in [0.2, 0.25) is 0 Å². The molecule has 0 unspecified atom stereocenters. The highest BCUT2D eigenvalue weighted by atomic mass is 15.0. The lowest BCUT2D eigenvalue weighted by molar-refractivity contribution is 0.331. The van der Waals surface area contributed by atoms with E-state index in [2.05, 4.69) is 11.0 Å². The van der Waals surface area contributed by atoms with E-state index in [0.29, 0.717) is 0 Å². The highest BCUT2D eigenvalue weighted by Crippen LogP contribution is 2.17. The van der Waals surface area contributed by atoms with Crippen molar-refractivity contribution in [2.24, 2.45) is 5.41 Å². The normalized spacial score (nSPS) is 11.6. The van der Waals surface area contributed by atoms with Gasteiger partial charge in [0.25, 0.3) is 0 Å². The second-order valence-electron chi connectivity index (χ2n) is 3.55. The van der Waals surface area contributed by atoms with Crippen LogP contribution < -0.4 is 0 Å². The lowest BCUT2D eigenvalue weighted by atomic mass is 9.91. The van der Waals surface area contributed by atoms with Crippen molar-refractivity contribution in [3.8, 4) is 6.07 Å². The fourth-order valence-electron chi connectivity index (χ4n) is 0.559. The highest BCUT2D eigenvalue weighted by Gasteiger charge is 2.15. The summed E-state index contributed by atoms with van der Waals surface area (Å²) in [6.45, 7) is 4.92. The van der Waals surface area contributed by atoms with Gasteiger partial charge in [-0.05, 0) is 40.9 Å². The fraction of sp³-hybridized carbons (Fsp3) is 0.875. The minimum absolute atomic E-state index is 0.162. The van der Waals surface area contributed by atoms with Crippen LogP contribution in [0.3, 0.4) is 0 Å². The Bertz CT molecular complexity index is 131. The summed E-state index contributed by atoms with van der Waals surface area (Å²) >= 11 is 0. The molecule has 2 nitrogen and oxygen atoms in total. The van der Waals surface area contributed by atoms with E-state index in [9.17, 15) is 0 Å². The molecule has 0 fully saturated rings. The van der Waals surface area contributed by atoms with Crippen molar-refractivity contribution in [2.45, 2.75) is 20.3 Å². The molecule has 58 valence electrons. The van der Waals surface area contributed by atoms with Crippen LogP contribution in [0.4, 0.5) is 0 Å². The summed E-state index contributed by atoms with van der Waals surface area (Å²) < 4.78 is 0. The Labute approximate surface area is 63.4 Å². The molecular weight excluding hydrogens is 124 g/mol. The zero-order chi connectivity index (χ0) is 8.20. The predicted molar refractivity (Wildman–Crippen MR) is 42.6 cm³/mol. The van der Waals surface area contributed by atoms with Crippen molar-refractivity contribution in [3.05, 3.63) is 0 Å². The summed E-state index contributed by atoms with van der Waals surface area (Å²) in [4.78, 5) is 2.10. The summed E-state index contributed by atoms with van der Waals surface area (Å²) in [6, 6.07) is 2.27. The first kappa shape index (κ1) is 9.45. The molecule has 0 atom stereocenters. The first-order valence-electron chi connectivity index (χ1n) is 3.54. The van der Waals surface area contributed by atoms with Crippen molar-refractivity contribution >= 4 is 0 Å². The van der Waals surface area contributed by atoms with Crippen LogP contribution in [-0.4, -0.2) is 25.5 Å². The third-order valence-electron chi connectivity index (χ3n) is 1.49. The van der Waals surface area contributed by atoms with Gasteiger partial charge in [-0.15, -0.1) is 0 Å². The molecular formula is C8H16N2. The molecule has 0 N–H and O–H groups in total. The minimum Gasteiger partial charge on any atom is -0.309 e. The molecule has 10 heavy (non-hydrogen) atoms. The van der Waals surface area contributed by atoms with E-state index in [1.165, 1.54) is 0 Å². The Balaban J connectivity index is 3.60. The van der Waals surface area contributed by atoms with E-state index in [4.69, 9.17) is 5.26 Å². The van der Waals surface area contributed by atoms with Crippen molar-refractivity contribution in [3.63, 3.8) is 0 Å². The topological polar surface area (TPSA) is 27.0 Å². The molecule has 0 aromatic heterocycles. The van der Waals surface area contributed by atoms with Crippen molar-refractivity contribution in [1.29, 1.82) is 5.26 Å². The summed E-state index contributed by atoms with van der Waals surface area (Å²) in [7, 11) is 4.04. The van der Waals surface area contributed by atoms with E-state index in [1.807, 2.05) is 27.9 Å². The Morgan fingerprint density at radius 3 is 2.20 bits per heavy atom. The Kier molecular flexibility index (Phi) is 3.38. The van der Waals surface area contributed by atoms with Gasteiger partial charge in [0.1, 0.15) is 0 Å². The van der Waals surface area contributed by atoms with Crippen LogP contribution in [0.5, 0.6) is 0 Å². The first-order valence-corrected chi connectivity index (χ1v) is 3.54. The van der Waals surface area contributed by atoms with Gasteiger partial charge in [-0.3, -0.25) is 0 Å². The Morgan fingerprint density at radius 2 is 1.90 bits per heavy atom. The van der Waals surface area contributed by atoms with Gasteiger partial charge in [0.15, 0.2) is 0 Å². The molecule has 0 bridgehead atoms. The molecule has 0 heterocycles. The minimum atomic E-state index is -0.162. The van der Waals surface area contributed by atoms with E-state index >= 15 is 0 Å². The second-order valence-corrected chi connectivity index (χ2v) is 3.55. The molecule has 0 aliphatic heterocycles. The third-order valence-corrected chi connectivity index (χ3v) is 1.49. The van der Waals surface area contributed by atoms with E-state index in [-0.39, 0.29) is 5.41 Å². The predicted octanol–water partition coefficient (Wildman–Crippen LogP) is 1.49. The molecule has 0 rings (SSSR count). The smallest absolute Gasteiger partial charge is 0.0684 e. The highest BCUT2D eigenvalue weighted by molar-refractivity contribution is 4.91. The van der Waals surface area contributed by atoms with Gasteiger partial charge in [-0.2, -0.15) is 5.26 Å². The molecule has 0 amide bonds. The number of rotatable bonds is 3. The number of nitrogens with zero attached hydrogens (tertiary/aromatic N) is 2. The van der Waals surface area contributed by atoms with Gasteiger partial charge >= 0.3 is 0 Å².